The van der Waals surface area contributed by atoms with Crippen molar-refractivity contribution in [3.05, 3.63) is 0 Å². The third-order valence-corrected chi connectivity index (χ3v) is 19.0. The Morgan fingerprint density at radius 3 is 0.661 bits per heavy atom. The van der Waals surface area contributed by atoms with Gasteiger partial charge in [-0.1, -0.05) is 13.8 Å². The Labute approximate surface area is 731 Å². The number of unbranched alkanes of at least 4 members (excludes halogenated alkanes) is 3. The van der Waals surface area contributed by atoms with E-state index < -0.39 is 304 Å². The maximum absolute atomic E-state index is 14.8. The molecule has 0 saturated heterocycles. The lowest BCUT2D eigenvalue weighted by Crippen LogP contribution is -2.62. The predicted molar refractivity (Wildman–Crippen MR) is 452 cm³/mol. The van der Waals surface area contributed by atoms with Crippen LogP contribution in [0.3, 0.4) is 0 Å². The van der Waals surface area contributed by atoms with Crippen molar-refractivity contribution >= 4 is 130 Å². The summed E-state index contributed by atoms with van der Waals surface area (Å²) in [6.45, 7) is 4.67. The number of carboxylic acid groups (broad SMARTS) is 6. The highest BCUT2D eigenvalue weighted by Gasteiger charge is 2.40. The molecule has 127 heavy (non-hydrogen) atoms. The Morgan fingerprint density at radius 2 is 0.449 bits per heavy atom. The number of aliphatic hydroxyl groups is 2. The molecule has 0 radical (unpaired) electrons. The summed E-state index contributed by atoms with van der Waals surface area (Å²) in [4.78, 5) is 268. The SMILES string of the molecule is CC(C)C(NC(=O)C(NC(=O)C(CCC(=O)O)NC(=O)C(CCCN=C(N)N)NC(=O)C(CCCN=C(N)N)NC(=O)C(CCCCN)NC(=O)C(CCCCN)NC(=O)C(CCC(=O)O)NC(=O)C(N)C(C)O)C(C)O)C(=O)NC(CCC(=O)O)C(=O)NC(CCCN=C(N)N)C(=O)NC(CCC(=O)O)C(=O)NC(CCCCN)C(=O)NC(CCC(=O)O)C(=O)O. The first kappa shape index (κ1) is 114. The van der Waals surface area contributed by atoms with Crippen molar-refractivity contribution in [2.75, 3.05) is 39.3 Å². The molecule has 0 saturated carbocycles. The fraction of sp³-hybridized carbons (Fsp3) is 0.703. The molecule has 0 spiro atoms. The lowest BCUT2D eigenvalue weighted by molar-refractivity contribution is -0.144. The topological polar surface area (TPSA) is 940 Å². The molecule has 53 heteroatoms. The van der Waals surface area contributed by atoms with E-state index in [0.29, 0.717) is 6.42 Å². The number of carbonyl (C=O) groups excluding carboxylic acids is 13. The number of aliphatic carboxylic acids is 6. The average molecular weight is 1820 g/mol. The van der Waals surface area contributed by atoms with Crippen LogP contribution in [0.15, 0.2) is 15.0 Å². The molecular weight excluding hydrogens is 1680 g/mol. The van der Waals surface area contributed by atoms with Crippen LogP contribution in [0.5, 0.6) is 0 Å². The van der Waals surface area contributed by atoms with E-state index in [1.807, 2.05) is 0 Å². The number of amides is 13. The van der Waals surface area contributed by atoms with Crippen LogP contribution in [0.4, 0.5) is 0 Å². The molecule has 0 aliphatic carbocycles. The number of hydrogen-bond acceptors (Lipinski definition) is 28. The van der Waals surface area contributed by atoms with Crippen LogP contribution in [-0.4, -0.2) is 307 Å². The zero-order chi connectivity index (χ0) is 96.8. The number of nitrogens with two attached hydrogens (primary N) is 10. The van der Waals surface area contributed by atoms with Gasteiger partial charge in [0.25, 0.3) is 0 Å². The van der Waals surface area contributed by atoms with Gasteiger partial charge in [-0.05, 0) is 168 Å². The molecule has 0 aromatic rings. The summed E-state index contributed by atoms with van der Waals surface area (Å²) in [5.41, 5.74) is 56.2. The van der Waals surface area contributed by atoms with Crippen LogP contribution in [0.1, 0.15) is 188 Å². The Balaban J connectivity index is 7.72. The average Bonchev–Trinajstić information content (AvgIpc) is 0.845. The molecule has 0 aliphatic rings. The third kappa shape index (κ3) is 49.7. The highest BCUT2D eigenvalue weighted by Crippen LogP contribution is 2.16. The highest BCUT2D eigenvalue weighted by molar-refractivity contribution is 6.01. The first-order chi connectivity index (χ1) is 59.6. The van der Waals surface area contributed by atoms with Gasteiger partial charge in [0.1, 0.15) is 84.6 Å². The van der Waals surface area contributed by atoms with Crippen LogP contribution < -0.4 is 126 Å². The maximum atomic E-state index is 14.8. The van der Waals surface area contributed by atoms with E-state index >= 15 is 0 Å². The molecule has 16 unspecified atom stereocenters. The van der Waals surface area contributed by atoms with Gasteiger partial charge in [-0.25, -0.2) is 4.79 Å². The van der Waals surface area contributed by atoms with E-state index in [1.165, 1.54) is 20.8 Å². The Bertz CT molecular complexity index is 3730. The Kier molecular flexibility index (Phi) is 56.4. The van der Waals surface area contributed by atoms with Gasteiger partial charge in [-0.3, -0.25) is 101 Å². The minimum absolute atomic E-state index is 0.0718. The van der Waals surface area contributed by atoms with Gasteiger partial charge >= 0.3 is 35.8 Å². The molecule has 41 N–H and O–H groups in total. The van der Waals surface area contributed by atoms with Gasteiger partial charge in [-0.15, -0.1) is 0 Å². The Hall–Kier alpha value is -12.5. The molecule has 0 aliphatic heterocycles. The van der Waals surface area contributed by atoms with Crippen molar-refractivity contribution in [2.45, 2.75) is 285 Å². The lowest BCUT2D eigenvalue weighted by atomic mass is 10.0. The maximum Gasteiger partial charge on any atom is 0.326 e. The Morgan fingerprint density at radius 1 is 0.252 bits per heavy atom. The number of aliphatic imine (C=N–C) groups is 3. The zero-order valence-corrected chi connectivity index (χ0v) is 71.7. The van der Waals surface area contributed by atoms with Gasteiger partial charge in [-0.2, -0.15) is 0 Å². The molecule has 720 valence electrons. The number of nitrogens with zero attached hydrogens (tertiary/aromatic N) is 3. The third-order valence-electron chi connectivity index (χ3n) is 19.0. The zero-order valence-electron chi connectivity index (χ0n) is 71.7. The minimum Gasteiger partial charge on any atom is -0.481 e. The molecule has 0 bridgehead atoms. The molecular formula is C74H132N26O27. The number of carboxylic acids is 6. The summed E-state index contributed by atoms with van der Waals surface area (Å²) >= 11 is 0. The second kappa shape index (κ2) is 62.6. The van der Waals surface area contributed by atoms with E-state index in [2.05, 4.69) is 84.1 Å². The largest absolute Gasteiger partial charge is 0.481 e. The summed E-state index contributed by atoms with van der Waals surface area (Å²) in [7, 11) is 0. The monoisotopic (exact) mass is 1820 g/mol. The minimum atomic E-state index is -2.12. The standard InChI is InChI=1S/C74H132N26O27/c1-36(2)56(69(124)97-47(22-27-52(107)108)66(121)93-44(19-13-35-87-74(83)84)61(116)94-45(20-25-50(103)104)64(119)90-41(16-7-10-32-77)63(118)98-49(71(126)127)24-29-54(111)112)99-70(125)57(38(4)102)100-67(122)48(23-28-53(109)110)95-62(117)43(18-12-34-86-73(81)82)92-60(115)42(17-11-33-85-72(79)80)91-59(114)39(14-5-8-30-75)88-58(113)40(15-6-9-31-76)89-65(120)46(21-26-51(105)106)96-68(123)55(78)37(3)101/h36-49,55-57,101-102H,5-35,75-78H2,1-4H3,(H,88,113)(H,89,120)(H,90,119)(H,91,114)(H,92,115)(H,93,121)(H,94,116)(H,95,117)(H,96,123)(H,97,124)(H,98,118)(H,99,125)(H,100,122)(H,103,104)(H,105,106)(H,107,108)(H,109,110)(H,111,112)(H,126,127)(H4,79,80,85)(H4,81,82,86)(H4,83,84,87). The first-order valence-electron chi connectivity index (χ1n) is 41.3. The smallest absolute Gasteiger partial charge is 0.326 e. The number of rotatable bonds is 69. The molecule has 53 nitrogen and oxygen atoms in total. The molecule has 0 heterocycles. The second-order valence-corrected chi connectivity index (χ2v) is 30.1. The van der Waals surface area contributed by atoms with Gasteiger partial charge in [0.05, 0.1) is 12.2 Å². The normalized spacial score (nSPS) is 14.8. The number of nitrogens with one attached hydrogen (secondary N) is 13. The van der Waals surface area contributed by atoms with Crippen molar-refractivity contribution in [1.29, 1.82) is 0 Å². The summed E-state index contributed by atoms with van der Waals surface area (Å²) in [6.07, 6.45) is -11.2. The molecule has 0 aromatic carbocycles. The van der Waals surface area contributed by atoms with Gasteiger partial charge in [0.15, 0.2) is 17.9 Å². The van der Waals surface area contributed by atoms with Gasteiger partial charge in [0.2, 0.25) is 76.8 Å². The summed E-state index contributed by atoms with van der Waals surface area (Å²) in [6, 6.07) is -24.5. The quantitative estimate of drug-likeness (QED) is 0.0153. The number of guanidine groups is 3. The summed E-state index contributed by atoms with van der Waals surface area (Å²) in [5, 5.41) is 110. The van der Waals surface area contributed by atoms with Crippen molar-refractivity contribution in [3.8, 4) is 0 Å². The van der Waals surface area contributed by atoms with E-state index in [-0.39, 0.29) is 122 Å². The van der Waals surface area contributed by atoms with Gasteiger partial charge < -0.3 is 167 Å². The van der Waals surface area contributed by atoms with Crippen LogP contribution >= 0.6 is 0 Å². The van der Waals surface area contributed by atoms with E-state index in [0.717, 1.165) is 6.92 Å². The summed E-state index contributed by atoms with van der Waals surface area (Å²) in [5.74, 6) is -26.4. The van der Waals surface area contributed by atoms with E-state index in [4.69, 9.17) is 62.4 Å². The van der Waals surface area contributed by atoms with Crippen molar-refractivity contribution in [3.63, 3.8) is 0 Å². The number of hydrogen-bond donors (Lipinski definition) is 31. The fourth-order valence-electron chi connectivity index (χ4n) is 11.9. The van der Waals surface area contributed by atoms with Crippen molar-refractivity contribution in [1.82, 2.24) is 69.1 Å². The van der Waals surface area contributed by atoms with Crippen LogP contribution in [0, 0.1) is 5.92 Å². The molecule has 13 amide bonds. The van der Waals surface area contributed by atoms with Crippen LogP contribution in [0.2, 0.25) is 0 Å². The van der Waals surface area contributed by atoms with Crippen LogP contribution in [0.25, 0.3) is 0 Å². The van der Waals surface area contributed by atoms with Crippen molar-refractivity contribution < 1.29 is 132 Å². The molecule has 16 atom stereocenters. The van der Waals surface area contributed by atoms with Gasteiger partial charge in [0, 0.05) is 51.7 Å². The van der Waals surface area contributed by atoms with E-state index in [1.54, 1.807) is 0 Å². The second-order valence-electron chi connectivity index (χ2n) is 30.1. The number of carbonyl (C=O) groups is 19. The van der Waals surface area contributed by atoms with Crippen molar-refractivity contribution in [2.24, 2.45) is 78.2 Å². The molecule has 0 aromatic heterocycles. The highest BCUT2D eigenvalue weighted by atomic mass is 16.4. The molecule has 0 fully saturated rings. The van der Waals surface area contributed by atoms with E-state index in [9.17, 15) is 127 Å². The van der Waals surface area contributed by atoms with Crippen LogP contribution in [-0.2, 0) is 91.1 Å². The summed E-state index contributed by atoms with van der Waals surface area (Å²) < 4.78 is 0. The first-order valence-corrected chi connectivity index (χ1v) is 41.3. The fourth-order valence-corrected chi connectivity index (χ4v) is 11.9. The molecule has 0 rings (SSSR count). The lowest BCUT2D eigenvalue weighted by Gasteiger charge is -2.30. The number of aliphatic hydroxyl groups excluding tert-OH is 2. The predicted octanol–water partition coefficient (Wildman–Crippen LogP) is -11.0.